The van der Waals surface area contributed by atoms with E-state index in [1.165, 1.54) is 72.0 Å². The molecule has 12 unspecified atom stereocenters. The van der Waals surface area contributed by atoms with E-state index in [9.17, 15) is 0 Å². The first-order chi connectivity index (χ1) is 10.8. The molecule has 6 aliphatic carbocycles. The van der Waals surface area contributed by atoms with Crippen LogP contribution in [-0.4, -0.2) is 0 Å². The van der Waals surface area contributed by atoms with Crippen molar-refractivity contribution in [2.24, 2.45) is 71.0 Å². The van der Waals surface area contributed by atoms with Gasteiger partial charge in [-0.3, -0.25) is 0 Å². The molecule has 6 fully saturated rings. The molecule has 0 radical (unpaired) electrons. The van der Waals surface area contributed by atoms with Gasteiger partial charge < -0.3 is 0 Å². The predicted molar refractivity (Wildman–Crippen MR) is 90.2 cm³/mol. The maximum atomic E-state index is 2.50. The summed E-state index contributed by atoms with van der Waals surface area (Å²) in [5, 5.41) is 0. The molecule has 0 heterocycles. The first-order valence-electron chi connectivity index (χ1n) is 10.8. The van der Waals surface area contributed by atoms with Crippen molar-refractivity contribution in [1.82, 2.24) is 0 Å². The van der Waals surface area contributed by atoms with Crippen molar-refractivity contribution in [3.63, 3.8) is 0 Å². The van der Waals surface area contributed by atoms with Crippen LogP contribution < -0.4 is 0 Å². The van der Waals surface area contributed by atoms with Gasteiger partial charge in [-0.2, -0.15) is 0 Å². The van der Waals surface area contributed by atoms with Crippen molar-refractivity contribution in [2.45, 2.75) is 65.2 Å². The van der Waals surface area contributed by atoms with Crippen LogP contribution in [0.25, 0.3) is 0 Å². The first kappa shape index (κ1) is 13.3. The van der Waals surface area contributed by atoms with Gasteiger partial charge in [0, 0.05) is 0 Å². The zero-order valence-electron chi connectivity index (χ0n) is 14.6. The van der Waals surface area contributed by atoms with Crippen LogP contribution in [0.1, 0.15) is 65.2 Å². The highest BCUT2D eigenvalue weighted by Crippen LogP contribution is 2.77. The van der Waals surface area contributed by atoms with Crippen LogP contribution in [0.2, 0.25) is 0 Å². The fourth-order valence-electron chi connectivity index (χ4n) is 10.3. The summed E-state index contributed by atoms with van der Waals surface area (Å²) in [6.07, 6.45) is 12.8. The number of fused-ring (bicyclic) bond motifs is 15. The summed E-state index contributed by atoms with van der Waals surface area (Å²) in [7, 11) is 0. The standard InChI is InChI=1S/C22H34/c1-3-11-8-12(4-2)20-18-10-17(19(11)20)21-15-9-16(22(18)21)14-7-5-6-13(14)15/h11-22H,3-10H2,1-2H3. The lowest BCUT2D eigenvalue weighted by Crippen LogP contribution is -2.43. The molecule has 0 spiro atoms. The molecule has 12 atom stereocenters. The van der Waals surface area contributed by atoms with Crippen molar-refractivity contribution in [3.05, 3.63) is 0 Å². The summed E-state index contributed by atoms with van der Waals surface area (Å²) >= 11 is 0. The van der Waals surface area contributed by atoms with E-state index in [-0.39, 0.29) is 0 Å². The average Bonchev–Trinajstić information content (AvgIpc) is 3.29. The minimum absolute atomic E-state index is 1.12. The van der Waals surface area contributed by atoms with E-state index in [4.69, 9.17) is 0 Å². The van der Waals surface area contributed by atoms with Gasteiger partial charge in [-0.1, -0.05) is 33.1 Å². The lowest BCUT2D eigenvalue weighted by molar-refractivity contribution is 0.00411. The van der Waals surface area contributed by atoms with Crippen LogP contribution in [0.15, 0.2) is 0 Å². The van der Waals surface area contributed by atoms with E-state index in [0.717, 1.165) is 11.8 Å². The summed E-state index contributed by atoms with van der Waals surface area (Å²) in [6.45, 7) is 4.99. The van der Waals surface area contributed by atoms with Crippen molar-refractivity contribution in [1.29, 1.82) is 0 Å². The summed E-state index contributed by atoms with van der Waals surface area (Å²) in [6, 6.07) is 0. The molecule has 6 saturated carbocycles. The molecule has 0 saturated heterocycles. The Morgan fingerprint density at radius 1 is 0.545 bits per heavy atom. The third-order valence-corrected chi connectivity index (χ3v) is 10.4. The van der Waals surface area contributed by atoms with Gasteiger partial charge in [-0.05, 0) is 103 Å². The van der Waals surface area contributed by atoms with Crippen LogP contribution >= 0.6 is 0 Å². The molecular weight excluding hydrogens is 264 g/mol. The molecule has 0 N–H and O–H groups in total. The second-order valence-corrected chi connectivity index (χ2v) is 10.3. The zero-order valence-corrected chi connectivity index (χ0v) is 14.6. The van der Waals surface area contributed by atoms with Crippen LogP contribution in [0, 0.1) is 71.0 Å². The summed E-state index contributed by atoms with van der Waals surface area (Å²) in [5.41, 5.74) is 0. The molecule has 0 aliphatic heterocycles. The SMILES string of the molecule is CCC1CC(CC)C2C3CC(C12)C1C2CC(C4CCCC42)C31. The molecule has 0 aromatic heterocycles. The van der Waals surface area contributed by atoms with E-state index < -0.39 is 0 Å². The Labute approximate surface area is 136 Å². The van der Waals surface area contributed by atoms with E-state index in [2.05, 4.69) is 13.8 Å². The van der Waals surface area contributed by atoms with Gasteiger partial charge >= 0.3 is 0 Å². The van der Waals surface area contributed by atoms with Gasteiger partial charge in [-0.25, -0.2) is 0 Å². The highest BCUT2D eigenvalue weighted by Gasteiger charge is 2.72. The van der Waals surface area contributed by atoms with Gasteiger partial charge in [0.25, 0.3) is 0 Å². The summed E-state index contributed by atoms with van der Waals surface area (Å²) in [4.78, 5) is 0. The molecular formula is C22H34. The maximum Gasteiger partial charge on any atom is -0.0318 e. The van der Waals surface area contributed by atoms with Gasteiger partial charge in [-0.15, -0.1) is 0 Å². The molecule has 6 rings (SSSR count). The lowest BCUT2D eigenvalue weighted by Gasteiger charge is -2.47. The Morgan fingerprint density at radius 3 is 1.55 bits per heavy atom. The maximum absolute atomic E-state index is 2.50. The van der Waals surface area contributed by atoms with E-state index in [1.807, 2.05) is 0 Å². The predicted octanol–water partition coefficient (Wildman–Crippen LogP) is 5.62. The Hall–Kier alpha value is 0. The molecule has 4 bridgehead atoms. The Morgan fingerprint density at radius 2 is 1.05 bits per heavy atom. The first-order valence-corrected chi connectivity index (χ1v) is 10.8. The van der Waals surface area contributed by atoms with Crippen molar-refractivity contribution in [3.8, 4) is 0 Å². The van der Waals surface area contributed by atoms with Crippen LogP contribution in [0.3, 0.4) is 0 Å². The monoisotopic (exact) mass is 298 g/mol. The molecule has 0 heteroatoms. The van der Waals surface area contributed by atoms with E-state index in [1.54, 1.807) is 38.5 Å². The van der Waals surface area contributed by atoms with Crippen molar-refractivity contribution < 1.29 is 0 Å². The molecule has 0 amide bonds. The molecule has 22 heavy (non-hydrogen) atoms. The zero-order chi connectivity index (χ0) is 14.6. The molecule has 0 aromatic carbocycles. The van der Waals surface area contributed by atoms with Crippen LogP contribution in [0.4, 0.5) is 0 Å². The fraction of sp³-hybridized carbons (Fsp3) is 1.00. The number of hydrogen-bond acceptors (Lipinski definition) is 0. The van der Waals surface area contributed by atoms with Gasteiger partial charge in [0.15, 0.2) is 0 Å². The molecule has 0 nitrogen and oxygen atoms in total. The Kier molecular flexibility index (Phi) is 2.62. The average molecular weight is 299 g/mol. The van der Waals surface area contributed by atoms with Gasteiger partial charge in [0.1, 0.15) is 0 Å². The third kappa shape index (κ3) is 1.32. The number of rotatable bonds is 2. The minimum Gasteiger partial charge on any atom is -0.0651 e. The second-order valence-electron chi connectivity index (χ2n) is 10.3. The van der Waals surface area contributed by atoms with E-state index >= 15 is 0 Å². The van der Waals surface area contributed by atoms with Gasteiger partial charge in [0.2, 0.25) is 0 Å². The van der Waals surface area contributed by atoms with Crippen molar-refractivity contribution in [2.75, 3.05) is 0 Å². The number of hydrogen-bond donors (Lipinski definition) is 0. The quantitative estimate of drug-likeness (QED) is 0.580. The molecule has 0 aromatic rings. The second kappa shape index (κ2) is 4.34. The van der Waals surface area contributed by atoms with E-state index in [0.29, 0.717) is 0 Å². The molecule has 6 aliphatic rings. The minimum atomic E-state index is 1.12. The largest absolute Gasteiger partial charge is 0.0651 e. The fourth-order valence-corrected chi connectivity index (χ4v) is 10.3. The van der Waals surface area contributed by atoms with Crippen LogP contribution in [-0.2, 0) is 0 Å². The highest BCUT2D eigenvalue weighted by molar-refractivity contribution is 5.20. The highest BCUT2D eigenvalue weighted by atomic mass is 14.8. The smallest absolute Gasteiger partial charge is 0.0318 e. The summed E-state index contributed by atoms with van der Waals surface area (Å²) < 4.78 is 0. The summed E-state index contributed by atoms with van der Waals surface area (Å²) in [5.74, 6) is 14.2. The Balaban J connectivity index is 1.38. The van der Waals surface area contributed by atoms with Crippen LogP contribution in [0.5, 0.6) is 0 Å². The lowest BCUT2D eigenvalue weighted by atomic mass is 9.58. The third-order valence-electron chi connectivity index (χ3n) is 10.4. The molecule has 122 valence electrons. The van der Waals surface area contributed by atoms with Gasteiger partial charge in [0.05, 0.1) is 0 Å². The normalized spacial score (nSPS) is 66.8. The topological polar surface area (TPSA) is 0 Å². The van der Waals surface area contributed by atoms with Crippen molar-refractivity contribution >= 4 is 0 Å². The Bertz CT molecular complexity index is 440.